The number of methoxy groups -OCH3 is 3. The standard InChI is InChI=1S/C21H19N2O.C5H12O4.Ir/c1-13-12-22-19(20(23-13)24-4)14-9-10-16-15-7-5-6-8-17(15)21(2,3)18(16)11-14;1-8-4(6)3-5(7)9-2;/h5-8,10-12H,1-4H3;4-7H,3H2,1-2H3;/q-1;;. The van der Waals surface area contributed by atoms with E-state index < -0.39 is 12.6 Å². The number of nitrogens with zero attached hydrogens (tertiary/aromatic N) is 2. The molecule has 1 aromatic heterocycles. The molecule has 0 amide bonds. The molecular formula is C26H31IrN2O5-. The monoisotopic (exact) mass is 644 g/mol. The Kier molecular flexibility index (Phi) is 9.88. The van der Waals surface area contributed by atoms with Gasteiger partial charge in [-0.2, -0.15) is 0 Å². The molecule has 4 rings (SSSR count). The minimum Gasteiger partial charge on any atom is -0.486 e. The van der Waals surface area contributed by atoms with Crippen molar-refractivity contribution in [2.24, 2.45) is 0 Å². The molecule has 0 spiro atoms. The molecule has 0 fully saturated rings. The van der Waals surface area contributed by atoms with E-state index in [4.69, 9.17) is 14.9 Å². The first-order valence-electron chi connectivity index (χ1n) is 10.7. The van der Waals surface area contributed by atoms with Crippen molar-refractivity contribution >= 4 is 0 Å². The van der Waals surface area contributed by atoms with Gasteiger partial charge in [0.15, 0.2) is 18.5 Å². The summed E-state index contributed by atoms with van der Waals surface area (Å²) < 4.78 is 14.3. The van der Waals surface area contributed by atoms with E-state index in [9.17, 15) is 0 Å². The van der Waals surface area contributed by atoms with Gasteiger partial charge >= 0.3 is 0 Å². The number of benzene rings is 2. The van der Waals surface area contributed by atoms with Crippen LogP contribution >= 0.6 is 0 Å². The van der Waals surface area contributed by atoms with Crippen LogP contribution in [0.3, 0.4) is 0 Å². The van der Waals surface area contributed by atoms with Gasteiger partial charge in [0.05, 0.1) is 12.8 Å². The molecule has 0 saturated heterocycles. The Balaban J connectivity index is 0.000000352. The number of aliphatic hydroxyl groups excluding tert-OH is 2. The second-order valence-corrected chi connectivity index (χ2v) is 8.33. The fraction of sp³-hybridized carbons (Fsp3) is 0.385. The van der Waals surface area contributed by atoms with Gasteiger partial charge in [0.1, 0.15) is 0 Å². The first kappa shape index (κ1) is 28.0. The summed E-state index contributed by atoms with van der Waals surface area (Å²) >= 11 is 0. The maximum absolute atomic E-state index is 8.70. The maximum atomic E-state index is 8.70. The summed E-state index contributed by atoms with van der Waals surface area (Å²) in [5.74, 6) is 0.541. The topological polar surface area (TPSA) is 93.9 Å². The molecule has 1 aliphatic rings. The van der Waals surface area contributed by atoms with Gasteiger partial charge in [-0.15, -0.1) is 29.3 Å². The number of ether oxygens (including phenoxy) is 3. The molecule has 7 nitrogen and oxygen atoms in total. The number of fused-ring (bicyclic) bond motifs is 3. The largest absolute Gasteiger partial charge is 0.486 e. The summed E-state index contributed by atoms with van der Waals surface area (Å²) in [7, 11) is 4.33. The summed E-state index contributed by atoms with van der Waals surface area (Å²) in [5, 5.41) is 17.4. The van der Waals surface area contributed by atoms with E-state index in [-0.39, 0.29) is 31.9 Å². The van der Waals surface area contributed by atoms with Gasteiger partial charge in [-0.3, -0.25) is 4.98 Å². The number of aryl methyl sites for hydroxylation is 1. The smallest absolute Gasteiger partial charge is 0.194 e. The van der Waals surface area contributed by atoms with Crippen LogP contribution in [0.25, 0.3) is 22.4 Å². The quantitative estimate of drug-likeness (QED) is 0.311. The van der Waals surface area contributed by atoms with Crippen LogP contribution in [0.15, 0.2) is 42.6 Å². The van der Waals surface area contributed by atoms with Gasteiger partial charge < -0.3 is 24.4 Å². The third-order valence-corrected chi connectivity index (χ3v) is 5.77. The van der Waals surface area contributed by atoms with Crippen molar-refractivity contribution in [3.63, 3.8) is 0 Å². The van der Waals surface area contributed by atoms with E-state index in [0.717, 1.165) is 17.0 Å². The van der Waals surface area contributed by atoms with Crippen LogP contribution < -0.4 is 4.74 Å². The first-order valence-corrected chi connectivity index (χ1v) is 10.7. The van der Waals surface area contributed by atoms with E-state index >= 15 is 0 Å². The van der Waals surface area contributed by atoms with Gasteiger partial charge in [0, 0.05) is 52.6 Å². The van der Waals surface area contributed by atoms with Crippen LogP contribution in [0.1, 0.15) is 37.1 Å². The third kappa shape index (κ3) is 5.89. The van der Waals surface area contributed by atoms with Crippen LogP contribution in [0.4, 0.5) is 0 Å². The Hall–Kier alpha value is -2.19. The molecule has 2 N–H and O–H groups in total. The van der Waals surface area contributed by atoms with E-state index in [1.54, 1.807) is 13.3 Å². The Labute approximate surface area is 214 Å². The second kappa shape index (κ2) is 12.0. The molecular weight excluding hydrogens is 613 g/mol. The molecule has 0 saturated carbocycles. The van der Waals surface area contributed by atoms with E-state index in [2.05, 4.69) is 75.8 Å². The fourth-order valence-electron chi connectivity index (χ4n) is 3.92. The van der Waals surface area contributed by atoms with Crippen LogP contribution in [-0.2, 0) is 35.0 Å². The van der Waals surface area contributed by atoms with E-state index in [1.807, 2.05) is 6.92 Å². The molecule has 34 heavy (non-hydrogen) atoms. The van der Waals surface area contributed by atoms with E-state index in [0.29, 0.717) is 5.88 Å². The zero-order valence-corrected chi connectivity index (χ0v) is 22.6. The molecule has 3 aromatic rings. The SMILES string of the molecule is COC(O)CC(O)OC.COc1nc(C)cnc1-c1[c-]cc2c(c1)C(C)(C)c1ccccc1-2.[Ir]. The van der Waals surface area contributed by atoms with Gasteiger partial charge in [-0.25, -0.2) is 4.98 Å². The number of rotatable bonds is 6. The van der Waals surface area contributed by atoms with Gasteiger partial charge in [0.2, 0.25) is 0 Å². The molecule has 2 unspecified atom stereocenters. The second-order valence-electron chi connectivity index (χ2n) is 8.33. The van der Waals surface area contributed by atoms with Crippen molar-refractivity contribution < 1.29 is 44.5 Å². The summed E-state index contributed by atoms with van der Waals surface area (Å²) in [6, 6.07) is 16.2. The van der Waals surface area contributed by atoms with Crippen molar-refractivity contribution in [2.45, 2.75) is 45.2 Å². The maximum Gasteiger partial charge on any atom is 0.194 e. The number of aromatic nitrogens is 2. The Morgan fingerprint density at radius 1 is 1.00 bits per heavy atom. The van der Waals surface area contributed by atoms with Crippen LogP contribution in [0, 0.1) is 13.0 Å². The van der Waals surface area contributed by atoms with Gasteiger partial charge in [-0.1, -0.05) is 49.2 Å². The van der Waals surface area contributed by atoms with Gasteiger partial charge in [-0.05, 0) is 17.9 Å². The van der Waals surface area contributed by atoms with Gasteiger partial charge in [0.25, 0.3) is 0 Å². The molecule has 8 heteroatoms. The summed E-state index contributed by atoms with van der Waals surface area (Å²) in [5.41, 5.74) is 7.64. The molecule has 0 aliphatic heterocycles. The number of aliphatic hydroxyl groups is 2. The number of hydrogen-bond acceptors (Lipinski definition) is 7. The van der Waals surface area contributed by atoms with Crippen molar-refractivity contribution in [1.29, 1.82) is 0 Å². The predicted molar refractivity (Wildman–Crippen MR) is 126 cm³/mol. The zero-order valence-electron chi connectivity index (χ0n) is 20.3. The predicted octanol–water partition coefficient (Wildman–Crippen LogP) is 3.87. The molecule has 1 radical (unpaired) electrons. The van der Waals surface area contributed by atoms with Crippen molar-refractivity contribution in [2.75, 3.05) is 21.3 Å². The normalized spacial score (nSPS) is 14.6. The Bertz CT molecular complexity index is 1100. The van der Waals surface area contributed by atoms with E-state index in [1.165, 1.54) is 36.5 Å². The molecule has 1 heterocycles. The Morgan fingerprint density at radius 3 is 2.26 bits per heavy atom. The van der Waals surface area contributed by atoms with Crippen LogP contribution in [0.2, 0.25) is 0 Å². The molecule has 185 valence electrons. The summed E-state index contributed by atoms with van der Waals surface area (Å²) in [4.78, 5) is 8.96. The van der Waals surface area contributed by atoms with Crippen LogP contribution in [0.5, 0.6) is 5.88 Å². The number of hydrogen-bond donors (Lipinski definition) is 2. The summed E-state index contributed by atoms with van der Waals surface area (Å²) in [6.07, 6.45) is -0.0499. The van der Waals surface area contributed by atoms with Crippen LogP contribution in [-0.4, -0.2) is 54.1 Å². The van der Waals surface area contributed by atoms with Crippen molar-refractivity contribution in [3.8, 4) is 28.3 Å². The Morgan fingerprint density at radius 2 is 1.65 bits per heavy atom. The average molecular weight is 644 g/mol. The third-order valence-electron chi connectivity index (χ3n) is 5.77. The van der Waals surface area contributed by atoms with Crippen molar-refractivity contribution in [1.82, 2.24) is 9.97 Å². The summed E-state index contributed by atoms with van der Waals surface area (Å²) in [6.45, 7) is 6.43. The molecule has 2 aromatic carbocycles. The molecule has 1 aliphatic carbocycles. The zero-order chi connectivity index (χ0) is 24.2. The first-order chi connectivity index (χ1) is 15.7. The van der Waals surface area contributed by atoms with Crippen molar-refractivity contribution in [3.05, 3.63) is 65.5 Å². The average Bonchev–Trinajstić information content (AvgIpc) is 3.05. The minimum absolute atomic E-state index is 0. The molecule has 0 bridgehead atoms. The fourth-order valence-corrected chi connectivity index (χ4v) is 3.92. The molecule has 2 atom stereocenters. The minimum atomic E-state index is -0.944.